The quantitative estimate of drug-likeness (QED) is 0.276. The van der Waals surface area contributed by atoms with E-state index in [0.29, 0.717) is 0 Å². The van der Waals surface area contributed by atoms with Gasteiger partial charge >= 0.3 is 0 Å². The van der Waals surface area contributed by atoms with Crippen LogP contribution in [0, 0.1) is 20.8 Å². The molecule has 0 unspecified atom stereocenters. The van der Waals surface area contributed by atoms with E-state index in [1.54, 1.807) is 7.11 Å². The van der Waals surface area contributed by atoms with Gasteiger partial charge in [-0.2, -0.15) is 5.10 Å². The van der Waals surface area contributed by atoms with Gasteiger partial charge in [0.1, 0.15) is 5.75 Å². The molecule has 0 aliphatic carbocycles. The monoisotopic (exact) mass is 444 g/mol. The van der Waals surface area contributed by atoms with Crippen molar-refractivity contribution in [2.75, 3.05) is 7.11 Å². The Bertz CT molecular complexity index is 1430. The first-order valence-electron chi connectivity index (χ1n) is 11.5. The number of rotatable bonds is 5. The number of ether oxygens (including phenoxy) is 1. The summed E-state index contributed by atoms with van der Waals surface area (Å²) in [7, 11) is 1.75. The Hall–Kier alpha value is -4.11. The zero-order chi connectivity index (χ0) is 23.7. The minimum Gasteiger partial charge on any atom is -0.495 e. The van der Waals surface area contributed by atoms with E-state index >= 15 is 0 Å². The Kier molecular flexibility index (Phi) is 5.77. The number of aryl methyl sites for hydroxylation is 2. The normalized spacial score (nSPS) is 10.9. The molecule has 3 nitrogen and oxygen atoms in total. The summed E-state index contributed by atoms with van der Waals surface area (Å²) in [6, 6.07) is 33.8. The SMILES string of the molecule is COc1c(-c2ccccc2)cc(C)cc1-c1ccc(-c2c(C)nn(-c3ccccc3)c2C)cc1. The highest BCUT2D eigenvalue weighted by Crippen LogP contribution is 2.41. The number of hydrogen-bond acceptors (Lipinski definition) is 2. The minimum atomic E-state index is 0.897. The van der Waals surface area contributed by atoms with Crippen molar-refractivity contribution >= 4 is 0 Å². The summed E-state index contributed by atoms with van der Waals surface area (Å²) < 4.78 is 7.95. The van der Waals surface area contributed by atoms with Crippen molar-refractivity contribution in [1.82, 2.24) is 9.78 Å². The maximum atomic E-state index is 5.93. The summed E-state index contributed by atoms with van der Waals surface area (Å²) in [5.74, 6) is 0.897. The van der Waals surface area contributed by atoms with Gasteiger partial charge in [0.05, 0.1) is 18.5 Å². The fourth-order valence-corrected chi connectivity index (χ4v) is 4.74. The molecule has 0 amide bonds. The fourth-order valence-electron chi connectivity index (χ4n) is 4.74. The van der Waals surface area contributed by atoms with Gasteiger partial charge in [-0.3, -0.25) is 0 Å². The second-order valence-corrected chi connectivity index (χ2v) is 8.63. The lowest BCUT2D eigenvalue weighted by Gasteiger charge is -2.16. The summed E-state index contributed by atoms with van der Waals surface area (Å²) in [5, 5.41) is 4.82. The van der Waals surface area contributed by atoms with Gasteiger partial charge in [0, 0.05) is 22.4 Å². The van der Waals surface area contributed by atoms with Gasteiger partial charge in [0.2, 0.25) is 0 Å². The predicted molar refractivity (Wildman–Crippen MR) is 141 cm³/mol. The third-order valence-electron chi connectivity index (χ3n) is 6.30. The molecule has 1 heterocycles. The lowest BCUT2D eigenvalue weighted by molar-refractivity contribution is 0.418. The highest BCUT2D eigenvalue weighted by molar-refractivity contribution is 5.84. The molecule has 0 spiro atoms. The van der Waals surface area contributed by atoms with Gasteiger partial charge < -0.3 is 4.74 Å². The molecule has 5 rings (SSSR count). The Morgan fingerprint density at radius 2 is 1.18 bits per heavy atom. The first kappa shape index (κ1) is 21.7. The third-order valence-corrected chi connectivity index (χ3v) is 6.30. The van der Waals surface area contributed by atoms with Crippen molar-refractivity contribution in [3.63, 3.8) is 0 Å². The third kappa shape index (κ3) is 3.90. The van der Waals surface area contributed by atoms with Gasteiger partial charge in [-0.25, -0.2) is 4.68 Å². The van der Waals surface area contributed by atoms with E-state index < -0.39 is 0 Å². The van der Waals surface area contributed by atoms with Crippen LogP contribution in [0.1, 0.15) is 17.0 Å². The van der Waals surface area contributed by atoms with Crippen molar-refractivity contribution in [2.24, 2.45) is 0 Å². The van der Waals surface area contributed by atoms with Gasteiger partial charge in [0.15, 0.2) is 0 Å². The second-order valence-electron chi connectivity index (χ2n) is 8.63. The van der Waals surface area contributed by atoms with Crippen molar-refractivity contribution in [3.8, 4) is 44.8 Å². The van der Waals surface area contributed by atoms with Gasteiger partial charge in [-0.1, -0.05) is 72.8 Å². The van der Waals surface area contributed by atoms with E-state index in [1.807, 2.05) is 28.9 Å². The van der Waals surface area contributed by atoms with E-state index in [4.69, 9.17) is 9.84 Å². The zero-order valence-electron chi connectivity index (χ0n) is 20.0. The standard InChI is InChI=1S/C31H28N2O/c1-21-19-28(24-11-7-5-8-12-24)31(34-4)29(20-21)25-15-17-26(18-16-25)30-22(2)32-33(23(30)3)27-13-9-6-10-14-27/h5-20H,1-4H3. The van der Waals surface area contributed by atoms with Gasteiger partial charge in [0.25, 0.3) is 0 Å². The Balaban J connectivity index is 1.57. The van der Waals surface area contributed by atoms with Crippen LogP contribution >= 0.6 is 0 Å². The summed E-state index contributed by atoms with van der Waals surface area (Å²) in [6.45, 7) is 6.34. The van der Waals surface area contributed by atoms with Gasteiger partial charge in [-0.05, 0) is 67.3 Å². The van der Waals surface area contributed by atoms with Crippen LogP contribution in [0.15, 0.2) is 97.1 Å². The van der Waals surface area contributed by atoms with E-state index in [-0.39, 0.29) is 0 Å². The molecule has 0 fully saturated rings. The summed E-state index contributed by atoms with van der Waals surface area (Å²) >= 11 is 0. The average molecular weight is 445 g/mol. The van der Waals surface area contributed by atoms with E-state index in [0.717, 1.165) is 50.6 Å². The van der Waals surface area contributed by atoms with E-state index in [9.17, 15) is 0 Å². The molecule has 0 aliphatic rings. The van der Waals surface area contributed by atoms with Crippen LogP contribution in [0.4, 0.5) is 0 Å². The van der Waals surface area contributed by atoms with Crippen LogP contribution in [-0.4, -0.2) is 16.9 Å². The van der Waals surface area contributed by atoms with E-state index in [1.165, 1.54) is 11.1 Å². The van der Waals surface area contributed by atoms with Crippen LogP contribution in [0.5, 0.6) is 5.75 Å². The highest BCUT2D eigenvalue weighted by Gasteiger charge is 2.17. The number of nitrogens with zero attached hydrogens (tertiary/aromatic N) is 2. The molecule has 4 aromatic carbocycles. The zero-order valence-corrected chi connectivity index (χ0v) is 20.0. The lowest BCUT2D eigenvalue weighted by Crippen LogP contribution is -1.98. The molecular weight excluding hydrogens is 416 g/mol. The highest BCUT2D eigenvalue weighted by atomic mass is 16.5. The molecule has 0 aliphatic heterocycles. The number of hydrogen-bond donors (Lipinski definition) is 0. The first-order valence-corrected chi connectivity index (χ1v) is 11.5. The Labute approximate surface area is 201 Å². The molecular formula is C31H28N2O. The average Bonchev–Trinajstić information content (AvgIpc) is 3.18. The molecule has 0 N–H and O–H groups in total. The fraction of sp³-hybridized carbons (Fsp3) is 0.129. The molecule has 0 bridgehead atoms. The van der Waals surface area contributed by atoms with Crippen molar-refractivity contribution in [3.05, 3.63) is 114 Å². The topological polar surface area (TPSA) is 27.1 Å². The lowest BCUT2D eigenvalue weighted by atomic mass is 9.93. The maximum absolute atomic E-state index is 5.93. The number of aromatic nitrogens is 2. The molecule has 0 radical (unpaired) electrons. The molecule has 0 saturated heterocycles. The van der Waals surface area contributed by atoms with Crippen molar-refractivity contribution in [2.45, 2.75) is 20.8 Å². The molecule has 1 aromatic heterocycles. The molecule has 5 aromatic rings. The van der Waals surface area contributed by atoms with Gasteiger partial charge in [-0.15, -0.1) is 0 Å². The molecule has 168 valence electrons. The molecule has 34 heavy (non-hydrogen) atoms. The minimum absolute atomic E-state index is 0.897. The largest absolute Gasteiger partial charge is 0.495 e. The summed E-state index contributed by atoms with van der Waals surface area (Å²) in [6.07, 6.45) is 0. The van der Waals surface area contributed by atoms with Crippen molar-refractivity contribution < 1.29 is 4.74 Å². The second kappa shape index (κ2) is 9.03. The van der Waals surface area contributed by atoms with Crippen LogP contribution in [0.2, 0.25) is 0 Å². The van der Waals surface area contributed by atoms with E-state index in [2.05, 4.69) is 93.6 Å². The molecule has 0 saturated carbocycles. The summed E-state index contributed by atoms with van der Waals surface area (Å²) in [5.41, 5.74) is 11.3. The molecule has 3 heteroatoms. The number of benzene rings is 4. The van der Waals surface area contributed by atoms with Crippen LogP contribution in [0.3, 0.4) is 0 Å². The molecule has 0 atom stereocenters. The summed E-state index contributed by atoms with van der Waals surface area (Å²) in [4.78, 5) is 0. The van der Waals surface area contributed by atoms with Crippen LogP contribution in [-0.2, 0) is 0 Å². The predicted octanol–water partition coefficient (Wildman–Crippen LogP) is 7.81. The van der Waals surface area contributed by atoms with Crippen LogP contribution < -0.4 is 4.74 Å². The Morgan fingerprint density at radius 1 is 0.647 bits per heavy atom. The van der Waals surface area contributed by atoms with Crippen LogP contribution in [0.25, 0.3) is 39.1 Å². The number of para-hydroxylation sites is 1. The number of methoxy groups -OCH3 is 1. The maximum Gasteiger partial charge on any atom is 0.134 e. The Morgan fingerprint density at radius 3 is 1.76 bits per heavy atom. The smallest absolute Gasteiger partial charge is 0.134 e. The first-order chi connectivity index (χ1) is 16.6. The van der Waals surface area contributed by atoms with Crippen molar-refractivity contribution in [1.29, 1.82) is 0 Å².